The molecule has 0 spiro atoms. The number of benzene rings is 1. The van der Waals surface area contributed by atoms with Crippen LogP contribution in [0, 0.1) is 5.82 Å². The van der Waals surface area contributed by atoms with Crippen molar-refractivity contribution in [2.75, 3.05) is 6.61 Å². The third-order valence-corrected chi connectivity index (χ3v) is 2.65. The Hall–Kier alpha value is -1.92. The molecule has 0 radical (unpaired) electrons. The summed E-state index contributed by atoms with van der Waals surface area (Å²) in [6.07, 6.45) is -5.35. The van der Waals surface area contributed by atoms with E-state index in [2.05, 4.69) is 4.74 Å². The van der Waals surface area contributed by atoms with Gasteiger partial charge in [0, 0.05) is 12.8 Å². The van der Waals surface area contributed by atoms with Gasteiger partial charge in [0.15, 0.2) is 0 Å². The molecule has 0 aliphatic heterocycles. The lowest BCUT2D eigenvalue weighted by molar-refractivity contribution is -0.144. The Morgan fingerprint density at radius 2 is 1.86 bits per heavy atom. The molecule has 7 heteroatoms. The summed E-state index contributed by atoms with van der Waals surface area (Å²) >= 11 is 0. The lowest BCUT2D eigenvalue weighted by Crippen LogP contribution is -2.12. The minimum atomic E-state index is -4.81. The Labute approximate surface area is 118 Å². The second kappa shape index (κ2) is 7.19. The van der Waals surface area contributed by atoms with Crippen LogP contribution in [0.25, 0.3) is 0 Å². The molecule has 116 valence electrons. The van der Waals surface area contributed by atoms with Crippen LogP contribution in [-0.4, -0.2) is 18.4 Å². The van der Waals surface area contributed by atoms with E-state index in [4.69, 9.17) is 0 Å². The zero-order valence-electron chi connectivity index (χ0n) is 11.3. The van der Waals surface area contributed by atoms with Crippen LogP contribution in [0.15, 0.2) is 18.2 Å². The predicted octanol–water partition coefficient (Wildman–Crippen LogP) is 3.30. The van der Waals surface area contributed by atoms with Crippen LogP contribution in [0.2, 0.25) is 0 Å². The highest BCUT2D eigenvalue weighted by Crippen LogP contribution is 2.32. The maximum Gasteiger partial charge on any atom is 0.419 e. The van der Waals surface area contributed by atoms with E-state index in [1.165, 1.54) is 0 Å². The van der Waals surface area contributed by atoms with Crippen molar-refractivity contribution < 1.29 is 31.9 Å². The van der Waals surface area contributed by atoms with Crippen LogP contribution in [0.4, 0.5) is 17.6 Å². The van der Waals surface area contributed by atoms with Gasteiger partial charge >= 0.3 is 12.1 Å². The van der Waals surface area contributed by atoms with E-state index in [1.54, 1.807) is 6.92 Å². The lowest BCUT2D eigenvalue weighted by atomic mass is 10.0. The van der Waals surface area contributed by atoms with E-state index >= 15 is 0 Å². The number of Topliss-reactive ketones (excluding diaryl/α,β-unsaturated/α-hetero) is 1. The fourth-order valence-corrected chi connectivity index (χ4v) is 1.69. The fourth-order valence-electron chi connectivity index (χ4n) is 1.69. The van der Waals surface area contributed by atoms with Gasteiger partial charge in [0.05, 0.1) is 18.6 Å². The first-order valence-electron chi connectivity index (χ1n) is 6.27. The first-order chi connectivity index (χ1) is 9.74. The first kappa shape index (κ1) is 17.1. The van der Waals surface area contributed by atoms with Gasteiger partial charge in [-0.3, -0.25) is 9.59 Å². The topological polar surface area (TPSA) is 43.4 Å². The largest absolute Gasteiger partial charge is 0.466 e. The summed E-state index contributed by atoms with van der Waals surface area (Å²) in [4.78, 5) is 22.6. The van der Waals surface area contributed by atoms with Gasteiger partial charge in [-0.2, -0.15) is 13.2 Å². The third-order valence-electron chi connectivity index (χ3n) is 2.65. The molecule has 0 unspecified atom stereocenters. The van der Waals surface area contributed by atoms with E-state index in [-0.39, 0.29) is 31.4 Å². The van der Waals surface area contributed by atoms with E-state index in [0.29, 0.717) is 12.1 Å². The molecule has 21 heavy (non-hydrogen) atoms. The van der Waals surface area contributed by atoms with Gasteiger partial charge in [-0.1, -0.05) is 6.07 Å². The minimum absolute atomic E-state index is 0.0533. The van der Waals surface area contributed by atoms with Crippen molar-refractivity contribution in [1.29, 1.82) is 0 Å². The van der Waals surface area contributed by atoms with Crippen LogP contribution in [0.3, 0.4) is 0 Å². The molecule has 0 aliphatic rings. The van der Waals surface area contributed by atoms with Gasteiger partial charge in [0.25, 0.3) is 0 Å². The number of ether oxygens (including phenoxy) is 1. The maximum absolute atomic E-state index is 13.1. The van der Waals surface area contributed by atoms with Crippen molar-refractivity contribution in [1.82, 2.24) is 0 Å². The number of esters is 1. The maximum atomic E-state index is 13.1. The number of rotatable bonds is 6. The molecule has 0 aliphatic carbocycles. The number of carbonyl (C=O) groups is 2. The molecule has 0 heterocycles. The number of halogens is 4. The molecule has 0 saturated carbocycles. The number of hydrogen-bond donors (Lipinski definition) is 0. The van der Waals surface area contributed by atoms with Crippen LogP contribution in [0.1, 0.15) is 30.9 Å². The Balaban J connectivity index is 2.67. The van der Waals surface area contributed by atoms with Crippen molar-refractivity contribution in [2.45, 2.75) is 32.4 Å². The van der Waals surface area contributed by atoms with E-state index < -0.39 is 29.3 Å². The van der Waals surface area contributed by atoms with E-state index in [1.807, 2.05) is 0 Å². The zero-order chi connectivity index (χ0) is 16.0. The van der Waals surface area contributed by atoms with Crippen molar-refractivity contribution in [3.05, 3.63) is 35.1 Å². The second-order valence-electron chi connectivity index (χ2n) is 4.33. The molecule has 0 N–H and O–H groups in total. The average molecular weight is 306 g/mol. The molecule has 0 bridgehead atoms. The van der Waals surface area contributed by atoms with Gasteiger partial charge in [-0.15, -0.1) is 0 Å². The zero-order valence-corrected chi connectivity index (χ0v) is 11.3. The van der Waals surface area contributed by atoms with Crippen LogP contribution >= 0.6 is 0 Å². The number of carbonyl (C=O) groups excluding carboxylic acids is 2. The number of alkyl halides is 3. The summed E-state index contributed by atoms with van der Waals surface area (Å²) < 4.78 is 55.3. The Bertz CT molecular complexity index is 523. The molecule has 0 aromatic heterocycles. The lowest BCUT2D eigenvalue weighted by Gasteiger charge is -2.09. The number of hydrogen-bond acceptors (Lipinski definition) is 3. The Kier molecular flexibility index (Phi) is 5.87. The van der Waals surface area contributed by atoms with E-state index in [9.17, 15) is 27.2 Å². The summed E-state index contributed by atoms with van der Waals surface area (Å²) in [5.74, 6) is -2.34. The van der Waals surface area contributed by atoms with Crippen molar-refractivity contribution in [3.63, 3.8) is 0 Å². The van der Waals surface area contributed by atoms with Crippen molar-refractivity contribution in [3.8, 4) is 0 Å². The SMILES string of the molecule is CCOC(=O)CCC(=O)Cc1ccc(F)c(C(F)(F)F)c1. The molecular formula is C14H14F4O3. The summed E-state index contributed by atoms with van der Waals surface area (Å²) in [7, 11) is 0. The molecule has 0 atom stereocenters. The second-order valence-corrected chi connectivity index (χ2v) is 4.33. The molecule has 1 rings (SSSR count). The smallest absolute Gasteiger partial charge is 0.419 e. The van der Waals surface area contributed by atoms with Crippen LogP contribution < -0.4 is 0 Å². The third kappa shape index (κ3) is 5.53. The van der Waals surface area contributed by atoms with Gasteiger partial charge in [-0.25, -0.2) is 4.39 Å². The molecular weight excluding hydrogens is 292 g/mol. The van der Waals surface area contributed by atoms with E-state index in [0.717, 1.165) is 6.07 Å². The summed E-state index contributed by atoms with van der Waals surface area (Å²) in [5, 5.41) is 0. The summed E-state index contributed by atoms with van der Waals surface area (Å²) in [5.41, 5.74) is -1.35. The molecule has 3 nitrogen and oxygen atoms in total. The monoisotopic (exact) mass is 306 g/mol. The Morgan fingerprint density at radius 1 is 1.19 bits per heavy atom. The highest BCUT2D eigenvalue weighted by atomic mass is 19.4. The molecule has 0 saturated heterocycles. The molecule has 0 fully saturated rings. The summed E-state index contributed by atoms with van der Waals surface area (Å²) in [6, 6.07) is 2.40. The van der Waals surface area contributed by atoms with Crippen LogP contribution in [-0.2, 0) is 26.9 Å². The van der Waals surface area contributed by atoms with Crippen molar-refractivity contribution >= 4 is 11.8 Å². The minimum Gasteiger partial charge on any atom is -0.466 e. The van der Waals surface area contributed by atoms with Gasteiger partial charge < -0.3 is 4.74 Å². The quantitative estimate of drug-likeness (QED) is 0.598. The van der Waals surface area contributed by atoms with Gasteiger partial charge in [0.2, 0.25) is 0 Å². The highest BCUT2D eigenvalue weighted by Gasteiger charge is 2.34. The summed E-state index contributed by atoms with van der Waals surface area (Å²) in [6.45, 7) is 1.82. The Morgan fingerprint density at radius 3 is 2.43 bits per heavy atom. The average Bonchev–Trinajstić information content (AvgIpc) is 2.38. The normalized spacial score (nSPS) is 11.3. The fraction of sp³-hybridized carbons (Fsp3) is 0.429. The van der Waals surface area contributed by atoms with Gasteiger partial charge in [0.1, 0.15) is 11.6 Å². The molecule has 0 amide bonds. The van der Waals surface area contributed by atoms with Crippen molar-refractivity contribution in [2.24, 2.45) is 0 Å². The van der Waals surface area contributed by atoms with Gasteiger partial charge in [-0.05, 0) is 24.6 Å². The number of ketones is 1. The predicted molar refractivity (Wildman–Crippen MR) is 66.0 cm³/mol. The molecule has 1 aromatic carbocycles. The highest BCUT2D eigenvalue weighted by molar-refractivity contribution is 5.84. The standard InChI is InChI=1S/C14H14F4O3/c1-2-21-13(20)6-4-10(19)7-9-3-5-12(15)11(8-9)14(16,17)18/h3,5,8H,2,4,6-7H2,1H3. The van der Waals surface area contributed by atoms with Crippen LogP contribution in [0.5, 0.6) is 0 Å². The first-order valence-corrected chi connectivity index (χ1v) is 6.27. The molecule has 1 aromatic rings.